The molecule has 0 aliphatic carbocycles. The van der Waals surface area contributed by atoms with E-state index < -0.39 is 0 Å². The van der Waals surface area contributed by atoms with Crippen molar-refractivity contribution in [2.45, 2.75) is 19.4 Å². The van der Waals surface area contributed by atoms with E-state index in [0.29, 0.717) is 16.6 Å². The second-order valence-electron chi connectivity index (χ2n) is 3.96. The third-order valence-corrected chi connectivity index (χ3v) is 3.52. The van der Waals surface area contributed by atoms with Crippen LogP contribution in [0.25, 0.3) is 0 Å². The van der Waals surface area contributed by atoms with E-state index >= 15 is 0 Å². The average molecular weight is 287 g/mol. The molecule has 1 heterocycles. The van der Waals surface area contributed by atoms with Gasteiger partial charge in [-0.1, -0.05) is 0 Å². The molecule has 0 N–H and O–H groups in total. The minimum absolute atomic E-state index is 0.0331. The number of halogens is 2. The molecule has 1 aliphatic rings. The van der Waals surface area contributed by atoms with Gasteiger partial charge in [-0.05, 0) is 47.5 Å². The second-order valence-corrected chi connectivity index (χ2v) is 4.82. The Hall–Kier alpha value is -0.740. The average Bonchev–Trinajstić information content (AvgIpc) is 2.67. The number of ketones is 1. The van der Waals surface area contributed by atoms with Gasteiger partial charge in [-0.3, -0.25) is 4.79 Å². The van der Waals surface area contributed by atoms with Gasteiger partial charge in [-0.25, -0.2) is 4.39 Å². The van der Waals surface area contributed by atoms with Crippen molar-refractivity contribution in [1.82, 2.24) is 0 Å². The Bertz CT molecular complexity index is 419. The van der Waals surface area contributed by atoms with Gasteiger partial charge in [0.05, 0.1) is 16.5 Å². The number of hydrogen-bond acceptors (Lipinski definition) is 2. The van der Waals surface area contributed by atoms with Gasteiger partial charge in [0.15, 0.2) is 5.78 Å². The summed E-state index contributed by atoms with van der Waals surface area (Å²) in [5, 5.41) is 0. The Morgan fingerprint density at radius 2 is 2.31 bits per heavy atom. The van der Waals surface area contributed by atoms with E-state index in [4.69, 9.17) is 4.74 Å². The molecule has 86 valence electrons. The third kappa shape index (κ3) is 2.18. The summed E-state index contributed by atoms with van der Waals surface area (Å²) in [6.07, 6.45) is 0.700. The van der Waals surface area contributed by atoms with Crippen LogP contribution in [0.5, 0.6) is 0 Å². The van der Waals surface area contributed by atoms with E-state index in [-0.39, 0.29) is 23.6 Å². The highest BCUT2D eigenvalue weighted by Gasteiger charge is 2.31. The number of carbonyl (C=O) groups excluding carboxylic acids is 1. The molecular weight excluding hydrogens is 275 g/mol. The largest absolute Gasteiger partial charge is 0.378 e. The fourth-order valence-electron chi connectivity index (χ4n) is 1.94. The van der Waals surface area contributed by atoms with Crippen molar-refractivity contribution in [3.05, 3.63) is 34.1 Å². The first-order chi connectivity index (χ1) is 7.59. The molecule has 0 radical (unpaired) electrons. The lowest BCUT2D eigenvalue weighted by Crippen LogP contribution is -2.21. The maximum atomic E-state index is 13.0. The predicted molar refractivity (Wildman–Crippen MR) is 62.0 cm³/mol. The maximum absolute atomic E-state index is 13.0. The maximum Gasteiger partial charge on any atom is 0.168 e. The van der Waals surface area contributed by atoms with Crippen LogP contribution >= 0.6 is 15.9 Å². The highest BCUT2D eigenvalue weighted by atomic mass is 79.9. The van der Waals surface area contributed by atoms with Crippen LogP contribution < -0.4 is 0 Å². The lowest BCUT2D eigenvalue weighted by Gasteiger charge is -2.12. The van der Waals surface area contributed by atoms with Gasteiger partial charge in [-0.15, -0.1) is 0 Å². The number of benzene rings is 1. The summed E-state index contributed by atoms with van der Waals surface area (Å²) < 4.78 is 18.7. The molecule has 1 aromatic rings. The topological polar surface area (TPSA) is 26.3 Å². The molecule has 1 saturated heterocycles. The second kappa shape index (κ2) is 4.63. The van der Waals surface area contributed by atoms with Crippen molar-refractivity contribution in [2.75, 3.05) is 6.61 Å². The van der Waals surface area contributed by atoms with Crippen molar-refractivity contribution in [3.63, 3.8) is 0 Å². The first kappa shape index (κ1) is 11.7. The van der Waals surface area contributed by atoms with Gasteiger partial charge < -0.3 is 4.74 Å². The molecule has 16 heavy (non-hydrogen) atoms. The fraction of sp³-hybridized carbons (Fsp3) is 0.417. The number of hydrogen-bond donors (Lipinski definition) is 0. The van der Waals surface area contributed by atoms with Gasteiger partial charge in [0, 0.05) is 12.2 Å². The standard InChI is InChI=1S/C12H12BrFO2/c1-7-9(4-5-16-7)12(15)8-2-3-11(14)10(13)6-8/h2-3,6-7,9H,4-5H2,1H3. The van der Waals surface area contributed by atoms with Crippen molar-refractivity contribution in [3.8, 4) is 0 Å². The molecular formula is C12H12BrFO2. The lowest BCUT2D eigenvalue weighted by molar-refractivity contribution is 0.0764. The quantitative estimate of drug-likeness (QED) is 0.781. The Morgan fingerprint density at radius 3 is 2.88 bits per heavy atom. The molecule has 0 aromatic heterocycles. The highest BCUT2D eigenvalue weighted by molar-refractivity contribution is 9.10. The Balaban J connectivity index is 2.23. The zero-order valence-electron chi connectivity index (χ0n) is 8.87. The number of rotatable bonds is 2. The molecule has 1 aromatic carbocycles. The third-order valence-electron chi connectivity index (χ3n) is 2.92. The summed E-state index contributed by atoms with van der Waals surface area (Å²) in [6, 6.07) is 4.36. The Kier molecular flexibility index (Phi) is 3.40. The normalized spacial score (nSPS) is 24.7. The molecule has 4 heteroatoms. The van der Waals surface area contributed by atoms with Gasteiger partial charge in [0.1, 0.15) is 5.82 Å². The van der Waals surface area contributed by atoms with Crippen molar-refractivity contribution >= 4 is 21.7 Å². The molecule has 0 bridgehead atoms. The van der Waals surface area contributed by atoms with Crippen LogP contribution in [0.1, 0.15) is 23.7 Å². The predicted octanol–water partition coefficient (Wildman–Crippen LogP) is 3.20. The van der Waals surface area contributed by atoms with Crippen molar-refractivity contribution in [1.29, 1.82) is 0 Å². The van der Waals surface area contributed by atoms with Crippen LogP contribution in [0.3, 0.4) is 0 Å². The minimum Gasteiger partial charge on any atom is -0.378 e. The van der Waals surface area contributed by atoms with Gasteiger partial charge in [-0.2, -0.15) is 0 Å². The van der Waals surface area contributed by atoms with Crippen LogP contribution in [0.4, 0.5) is 4.39 Å². The van der Waals surface area contributed by atoms with Crippen molar-refractivity contribution in [2.24, 2.45) is 5.92 Å². The Morgan fingerprint density at radius 1 is 1.56 bits per heavy atom. The van der Waals surface area contributed by atoms with Crippen molar-refractivity contribution < 1.29 is 13.9 Å². The summed E-state index contributed by atoms with van der Waals surface area (Å²) in [6.45, 7) is 2.52. The smallest absolute Gasteiger partial charge is 0.168 e. The molecule has 0 saturated carbocycles. The molecule has 1 aliphatic heterocycles. The SMILES string of the molecule is CC1OCCC1C(=O)c1ccc(F)c(Br)c1. The monoisotopic (exact) mass is 286 g/mol. The zero-order valence-corrected chi connectivity index (χ0v) is 10.5. The van der Waals surface area contributed by atoms with E-state index in [1.807, 2.05) is 6.92 Å². The van der Waals surface area contributed by atoms with E-state index in [2.05, 4.69) is 15.9 Å². The summed E-state index contributed by atoms with van der Waals surface area (Å²) in [7, 11) is 0. The minimum atomic E-state index is -0.354. The highest BCUT2D eigenvalue weighted by Crippen LogP contribution is 2.26. The lowest BCUT2D eigenvalue weighted by atomic mass is 9.92. The van der Waals surface area contributed by atoms with Gasteiger partial charge >= 0.3 is 0 Å². The number of Topliss-reactive ketones (excluding diaryl/α,β-unsaturated/α-hetero) is 1. The zero-order chi connectivity index (χ0) is 11.7. The van der Waals surface area contributed by atoms with Crippen LogP contribution in [0.2, 0.25) is 0 Å². The summed E-state index contributed by atoms with van der Waals surface area (Å²) >= 11 is 3.08. The first-order valence-electron chi connectivity index (χ1n) is 5.20. The first-order valence-corrected chi connectivity index (χ1v) is 6.00. The van der Waals surface area contributed by atoms with Crippen LogP contribution in [-0.2, 0) is 4.74 Å². The van der Waals surface area contributed by atoms with Crippen LogP contribution in [0.15, 0.2) is 22.7 Å². The Labute approximate surface area is 102 Å². The fourth-order valence-corrected chi connectivity index (χ4v) is 2.32. The van der Waals surface area contributed by atoms with Crippen LogP contribution in [-0.4, -0.2) is 18.5 Å². The van der Waals surface area contributed by atoms with Gasteiger partial charge in [0.2, 0.25) is 0 Å². The summed E-state index contributed by atoms with van der Waals surface area (Å²) in [4.78, 5) is 12.1. The molecule has 2 nitrogen and oxygen atoms in total. The molecule has 1 fully saturated rings. The summed E-state index contributed by atoms with van der Waals surface area (Å²) in [5.74, 6) is -0.421. The van der Waals surface area contributed by atoms with E-state index in [1.54, 1.807) is 0 Å². The molecule has 0 spiro atoms. The van der Waals surface area contributed by atoms with Gasteiger partial charge in [0.25, 0.3) is 0 Å². The molecule has 2 atom stereocenters. The molecule has 2 unspecified atom stereocenters. The molecule has 2 rings (SSSR count). The summed E-state index contributed by atoms with van der Waals surface area (Å²) in [5.41, 5.74) is 0.538. The van der Waals surface area contributed by atoms with Crippen LogP contribution in [0, 0.1) is 11.7 Å². The molecule has 0 amide bonds. The van der Waals surface area contributed by atoms with E-state index in [1.165, 1.54) is 18.2 Å². The van der Waals surface area contributed by atoms with E-state index in [9.17, 15) is 9.18 Å². The van der Waals surface area contributed by atoms with E-state index in [0.717, 1.165) is 6.42 Å². The number of ether oxygens (including phenoxy) is 1. The number of carbonyl (C=O) groups is 1.